The highest BCUT2D eigenvalue weighted by atomic mass is 32.2. The molecule has 1 fully saturated rings. The van der Waals surface area contributed by atoms with Crippen LogP contribution in [0.25, 0.3) is 0 Å². The van der Waals surface area contributed by atoms with Crippen LogP contribution >= 0.6 is 11.8 Å². The molecule has 2 heterocycles. The summed E-state index contributed by atoms with van der Waals surface area (Å²) in [5, 5.41) is 4.01. The van der Waals surface area contributed by atoms with Gasteiger partial charge in [0.25, 0.3) is 0 Å². The minimum absolute atomic E-state index is 0.264. The highest BCUT2D eigenvalue weighted by Gasteiger charge is 2.16. The Morgan fingerprint density at radius 2 is 2.57 bits per heavy atom. The first kappa shape index (κ1) is 9.73. The number of hydrogen-bond donors (Lipinski definition) is 1. The summed E-state index contributed by atoms with van der Waals surface area (Å²) < 4.78 is 5.69. The summed E-state index contributed by atoms with van der Waals surface area (Å²) in [5.41, 5.74) is 0. The van der Waals surface area contributed by atoms with Crippen molar-refractivity contribution >= 4 is 11.8 Å². The molecule has 0 radical (unpaired) electrons. The third-order valence-electron chi connectivity index (χ3n) is 2.09. The molecule has 0 aromatic carbocycles. The lowest BCUT2D eigenvalue weighted by molar-refractivity contribution is 0.212. The molecule has 1 saturated heterocycles. The zero-order valence-electron chi connectivity index (χ0n) is 8.06. The Labute approximate surface area is 87.5 Å². The molecule has 4 nitrogen and oxygen atoms in total. The van der Waals surface area contributed by atoms with Crippen LogP contribution in [0.2, 0.25) is 0 Å². The third-order valence-corrected chi connectivity index (χ3v) is 2.65. The van der Waals surface area contributed by atoms with Gasteiger partial charge in [-0.2, -0.15) is 4.98 Å². The average Bonchev–Trinajstić information content (AvgIpc) is 2.71. The molecule has 1 N–H and O–H groups in total. The lowest BCUT2D eigenvalue weighted by Crippen LogP contribution is -2.20. The molecule has 0 saturated carbocycles. The first-order chi connectivity index (χ1) is 6.88. The molecule has 1 atom stereocenters. The van der Waals surface area contributed by atoms with Crippen LogP contribution in [0.3, 0.4) is 0 Å². The molecular formula is C9H13N3OS. The maximum absolute atomic E-state index is 5.69. The van der Waals surface area contributed by atoms with Gasteiger partial charge in [0.15, 0.2) is 5.16 Å². The number of ether oxygens (including phenoxy) is 1. The van der Waals surface area contributed by atoms with Crippen molar-refractivity contribution in [1.29, 1.82) is 0 Å². The summed E-state index contributed by atoms with van der Waals surface area (Å²) in [6.07, 6.45) is 5.00. The van der Waals surface area contributed by atoms with E-state index in [1.54, 1.807) is 12.3 Å². The highest BCUT2D eigenvalue weighted by Crippen LogP contribution is 2.15. The Morgan fingerprint density at radius 3 is 3.29 bits per heavy atom. The first-order valence-corrected chi connectivity index (χ1v) is 5.85. The van der Waals surface area contributed by atoms with E-state index in [1.165, 1.54) is 11.8 Å². The largest absolute Gasteiger partial charge is 0.473 e. The van der Waals surface area contributed by atoms with Crippen molar-refractivity contribution in [1.82, 2.24) is 15.3 Å². The maximum atomic E-state index is 5.69. The molecule has 1 aliphatic heterocycles. The zero-order chi connectivity index (χ0) is 9.80. The van der Waals surface area contributed by atoms with Gasteiger partial charge in [-0.3, -0.25) is 0 Å². The van der Waals surface area contributed by atoms with Crippen molar-refractivity contribution in [3.05, 3.63) is 12.3 Å². The van der Waals surface area contributed by atoms with Crippen LogP contribution in [0.1, 0.15) is 6.42 Å². The van der Waals surface area contributed by atoms with E-state index in [0.717, 1.165) is 24.7 Å². The van der Waals surface area contributed by atoms with Gasteiger partial charge < -0.3 is 10.1 Å². The topological polar surface area (TPSA) is 47.0 Å². The van der Waals surface area contributed by atoms with E-state index in [2.05, 4.69) is 15.3 Å². The van der Waals surface area contributed by atoms with E-state index in [4.69, 9.17) is 4.74 Å². The number of nitrogens with zero attached hydrogens (tertiary/aromatic N) is 2. The lowest BCUT2D eigenvalue weighted by atomic mass is 10.3. The second-order valence-electron chi connectivity index (χ2n) is 3.11. The van der Waals surface area contributed by atoms with Gasteiger partial charge in [-0.15, -0.1) is 0 Å². The minimum Gasteiger partial charge on any atom is -0.473 e. The summed E-state index contributed by atoms with van der Waals surface area (Å²) in [6, 6.07) is 1.80. The molecule has 14 heavy (non-hydrogen) atoms. The monoisotopic (exact) mass is 211 g/mol. The van der Waals surface area contributed by atoms with Crippen LogP contribution < -0.4 is 10.1 Å². The van der Waals surface area contributed by atoms with Crippen molar-refractivity contribution in [3.63, 3.8) is 0 Å². The smallest absolute Gasteiger partial charge is 0.217 e. The molecule has 1 aromatic rings. The fourth-order valence-electron chi connectivity index (χ4n) is 1.39. The average molecular weight is 211 g/mol. The second kappa shape index (κ2) is 4.61. The second-order valence-corrected chi connectivity index (χ2v) is 3.89. The fraction of sp³-hybridized carbons (Fsp3) is 0.556. The van der Waals surface area contributed by atoms with Gasteiger partial charge in [-0.1, -0.05) is 11.8 Å². The molecule has 0 spiro atoms. The van der Waals surface area contributed by atoms with Crippen molar-refractivity contribution in [2.45, 2.75) is 17.7 Å². The molecule has 0 amide bonds. The highest BCUT2D eigenvalue weighted by molar-refractivity contribution is 7.98. The Kier molecular flexibility index (Phi) is 3.21. The van der Waals surface area contributed by atoms with E-state index in [-0.39, 0.29) is 6.10 Å². The number of nitrogens with one attached hydrogen (secondary N) is 1. The standard InChI is InChI=1S/C9H13N3OS/c1-14-9-11-5-3-8(12-9)13-7-2-4-10-6-7/h3,5,7,10H,2,4,6H2,1H3/t7-/m0/s1. The van der Waals surface area contributed by atoms with Gasteiger partial charge in [0.2, 0.25) is 5.88 Å². The van der Waals surface area contributed by atoms with E-state index in [0.29, 0.717) is 5.88 Å². The Morgan fingerprint density at radius 1 is 1.64 bits per heavy atom. The fourth-order valence-corrected chi connectivity index (χ4v) is 1.74. The van der Waals surface area contributed by atoms with Gasteiger partial charge in [-0.05, 0) is 19.2 Å². The number of rotatable bonds is 3. The van der Waals surface area contributed by atoms with Crippen LogP contribution in [0.15, 0.2) is 17.4 Å². The Hall–Kier alpha value is -0.810. The van der Waals surface area contributed by atoms with Gasteiger partial charge >= 0.3 is 0 Å². The molecule has 0 unspecified atom stereocenters. The molecule has 0 aliphatic carbocycles. The normalized spacial score (nSPS) is 21.1. The summed E-state index contributed by atoms with van der Waals surface area (Å²) in [5.74, 6) is 0.679. The van der Waals surface area contributed by atoms with Gasteiger partial charge in [-0.25, -0.2) is 4.98 Å². The molecule has 1 aliphatic rings. The molecule has 2 rings (SSSR count). The summed E-state index contributed by atoms with van der Waals surface area (Å²) >= 11 is 1.52. The lowest BCUT2D eigenvalue weighted by Gasteiger charge is -2.11. The quantitative estimate of drug-likeness (QED) is 0.595. The van der Waals surface area contributed by atoms with Crippen LogP contribution in [0, 0.1) is 0 Å². The summed E-state index contributed by atoms with van der Waals surface area (Å²) in [7, 11) is 0. The Balaban J connectivity index is 2.00. The van der Waals surface area contributed by atoms with Crippen molar-refractivity contribution in [3.8, 4) is 5.88 Å². The molecule has 76 valence electrons. The van der Waals surface area contributed by atoms with Crippen LogP contribution in [-0.2, 0) is 0 Å². The number of thioether (sulfide) groups is 1. The van der Waals surface area contributed by atoms with Crippen molar-refractivity contribution in [2.24, 2.45) is 0 Å². The van der Waals surface area contributed by atoms with Crippen molar-refractivity contribution < 1.29 is 4.74 Å². The predicted molar refractivity (Wildman–Crippen MR) is 55.7 cm³/mol. The van der Waals surface area contributed by atoms with Gasteiger partial charge in [0, 0.05) is 18.8 Å². The van der Waals surface area contributed by atoms with E-state index >= 15 is 0 Å². The van der Waals surface area contributed by atoms with Crippen molar-refractivity contribution in [2.75, 3.05) is 19.3 Å². The SMILES string of the molecule is CSc1nccc(O[C@H]2CCNC2)n1. The van der Waals surface area contributed by atoms with Gasteiger partial charge in [0.1, 0.15) is 6.10 Å². The molecule has 5 heteroatoms. The van der Waals surface area contributed by atoms with E-state index < -0.39 is 0 Å². The number of hydrogen-bond acceptors (Lipinski definition) is 5. The minimum atomic E-state index is 0.264. The molecular weight excluding hydrogens is 198 g/mol. The maximum Gasteiger partial charge on any atom is 0.217 e. The van der Waals surface area contributed by atoms with Crippen LogP contribution in [-0.4, -0.2) is 35.4 Å². The van der Waals surface area contributed by atoms with E-state index in [1.807, 2.05) is 6.26 Å². The third kappa shape index (κ3) is 2.36. The van der Waals surface area contributed by atoms with Crippen LogP contribution in [0.5, 0.6) is 5.88 Å². The van der Waals surface area contributed by atoms with Gasteiger partial charge in [0.05, 0.1) is 0 Å². The van der Waals surface area contributed by atoms with E-state index in [9.17, 15) is 0 Å². The summed E-state index contributed by atoms with van der Waals surface area (Å²) in [6.45, 7) is 1.95. The number of aromatic nitrogens is 2. The van der Waals surface area contributed by atoms with Crippen LogP contribution in [0.4, 0.5) is 0 Å². The molecule has 0 bridgehead atoms. The molecule has 1 aromatic heterocycles. The first-order valence-electron chi connectivity index (χ1n) is 4.63. The zero-order valence-corrected chi connectivity index (χ0v) is 8.88. The summed E-state index contributed by atoms with van der Waals surface area (Å²) in [4.78, 5) is 8.35. The predicted octanol–water partition coefficient (Wildman–Crippen LogP) is 0.939. The Bertz CT molecular complexity index is 302.